The molecule has 22 nitrogen and oxygen atoms in total. The Morgan fingerprint density at radius 2 is 0.273 bits per heavy atom. The van der Waals surface area contributed by atoms with Crippen LogP contribution in [0.3, 0.4) is 0 Å². The molecule has 0 fully saturated rings. The first kappa shape index (κ1) is 51.4. The topological polar surface area (TPSA) is 470 Å². The van der Waals surface area contributed by atoms with Gasteiger partial charge in [0.2, 0.25) is 0 Å². The summed E-state index contributed by atoms with van der Waals surface area (Å²) in [6, 6.07) is 0. The van der Waals surface area contributed by atoms with Crippen LogP contribution < -0.4 is 51.1 Å². The summed E-state index contributed by atoms with van der Waals surface area (Å²) < 4.78 is 0. The van der Waals surface area contributed by atoms with Crippen LogP contribution in [-0.2, 0) is 58.9 Å². The third-order valence-corrected chi connectivity index (χ3v) is 0.833. The molecule has 0 aromatic heterocycles. The van der Waals surface area contributed by atoms with Gasteiger partial charge in [0, 0.05) is 0 Å². The zero-order valence-electron chi connectivity index (χ0n) is 15.1. The molecule has 8 N–H and O–H groups in total. The molecule has 184 valence electrons. The summed E-state index contributed by atoms with van der Waals surface area (Å²) >= 11 is 0. The van der Waals surface area contributed by atoms with E-state index in [0.29, 0.717) is 0 Å². The van der Waals surface area contributed by atoms with Gasteiger partial charge in [0.05, 0.1) is 59.7 Å². The molecule has 0 rings (SSSR count). The summed E-state index contributed by atoms with van der Waals surface area (Å²) in [5.74, 6) is -21.9. The van der Waals surface area contributed by atoms with Crippen LogP contribution in [0.15, 0.2) is 0 Å². The number of carboxylic acid groups (broad SMARTS) is 10. The molecule has 0 spiro atoms. The molecule has 0 saturated carbocycles. The van der Waals surface area contributed by atoms with Gasteiger partial charge in [0.15, 0.2) is 0 Å². The van der Waals surface area contributed by atoms with E-state index in [4.69, 9.17) is 99.0 Å². The van der Waals surface area contributed by atoms with Crippen LogP contribution in [0.4, 0.5) is 0 Å². The van der Waals surface area contributed by atoms with Crippen molar-refractivity contribution >= 4 is 59.7 Å². The van der Waals surface area contributed by atoms with Crippen LogP contribution in [0.5, 0.6) is 0 Å². The third kappa shape index (κ3) is 74.3. The van der Waals surface area contributed by atoms with E-state index in [9.17, 15) is 0 Å². The quantitative estimate of drug-likeness (QED) is 0.210. The van der Waals surface area contributed by atoms with Crippen LogP contribution in [0, 0.1) is 31.1 Å². The summed E-state index contributed by atoms with van der Waals surface area (Å²) in [6.07, 6.45) is 0. The van der Waals surface area contributed by atoms with Crippen molar-refractivity contribution in [3.8, 4) is 0 Å². The average Bonchev–Trinajstić information content (AvgIpc) is 2.56. The van der Waals surface area contributed by atoms with E-state index in [-0.39, 0.29) is 42.1 Å². The predicted molar refractivity (Wildman–Crippen MR) is 62.6 cm³/mol. The van der Waals surface area contributed by atoms with Crippen molar-refractivity contribution in [3.63, 3.8) is 0 Å². The molecular weight excluding hydrogens is 710 g/mol. The molecule has 0 heterocycles. The van der Waals surface area contributed by atoms with Gasteiger partial charge in [-0.3, -0.25) is 0 Å². The zero-order valence-corrected chi connectivity index (χ0v) is 19.2. The fourth-order valence-corrected chi connectivity index (χ4v) is 0. The van der Waals surface area contributed by atoms with Crippen molar-refractivity contribution in [3.05, 3.63) is 0 Å². The minimum atomic E-state index is -2.19. The Labute approximate surface area is 200 Å². The summed E-state index contributed by atoms with van der Waals surface area (Å²) in [5.41, 5.74) is 0. The van der Waals surface area contributed by atoms with Gasteiger partial charge in [0.25, 0.3) is 0 Å². The van der Waals surface area contributed by atoms with Crippen LogP contribution in [-0.4, -0.2) is 59.7 Å². The molecule has 0 saturated heterocycles. The van der Waals surface area contributed by atoms with Crippen LogP contribution in [0.25, 0.3) is 0 Å². The van der Waals surface area contributed by atoms with Crippen molar-refractivity contribution in [2.45, 2.75) is 0 Å². The zero-order chi connectivity index (χ0) is 25.8. The number of hydrogen-bond acceptors (Lipinski definition) is 20. The number of carboxylic acids is 10. The van der Waals surface area contributed by atoms with Gasteiger partial charge in [-0.2, -0.15) is 0 Å². The smallest absolute Gasteiger partial charge is 0.873 e. The number of carbonyl (C=O) groups excluding carboxylic acids is 10. The van der Waals surface area contributed by atoms with E-state index >= 15 is 0 Å². The molecule has 0 aromatic rings. The van der Waals surface area contributed by atoms with Crippen molar-refractivity contribution < 1.29 is 141 Å². The van der Waals surface area contributed by atoms with Gasteiger partial charge in [-0.1, -0.05) is 0 Å². The standard InChI is InChI=1S/5C2H2O4.2H4O.U/c5*3-1(4)2(5)6;;;/h5*(H,3,4)(H,5,6);2*1H4;/q;;;;;2*+2;+6/p-10. The fourth-order valence-electron chi connectivity index (χ4n) is 0. The fraction of sp³-hybridized carbons (Fsp3) is 0. The summed E-state index contributed by atoms with van der Waals surface area (Å²) in [6.45, 7) is 0. The first-order chi connectivity index (χ1) is 13.2. The van der Waals surface area contributed by atoms with Crippen molar-refractivity contribution in [1.29, 1.82) is 0 Å². The van der Waals surface area contributed by atoms with E-state index in [2.05, 4.69) is 0 Å². The first-order valence-corrected chi connectivity index (χ1v) is 5.33. The monoisotopic (exact) mass is 718 g/mol. The Bertz CT molecular complexity index is 505. The van der Waals surface area contributed by atoms with E-state index in [0.717, 1.165) is 0 Å². The molecule has 0 aromatic carbocycles. The van der Waals surface area contributed by atoms with Crippen molar-refractivity contribution in [2.75, 3.05) is 0 Å². The number of carbonyl (C=O) groups is 10. The van der Waals surface area contributed by atoms with Gasteiger partial charge in [0.1, 0.15) is 0 Å². The number of rotatable bonds is 0. The van der Waals surface area contributed by atoms with Gasteiger partial charge in [-0.05, 0) is 0 Å². The first-order valence-electron chi connectivity index (χ1n) is 5.33. The molecule has 0 aliphatic heterocycles. The van der Waals surface area contributed by atoms with Gasteiger partial charge in [-0.15, -0.1) is 0 Å². The average molecular weight is 718 g/mol. The number of aliphatic carboxylic acids is 10. The van der Waals surface area contributed by atoms with Gasteiger partial charge in [-0.25, -0.2) is 0 Å². The molecular formula is C10H8O22U. The second-order valence-corrected chi connectivity index (χ2v) is 2.87. The summed E-state index contributed by atoms with van der Waals surface area (Å²) in [5, 5.41) is 89.3. The van der Waals surface area contributed by atoms with Crippen molar-refractivity contribution in [2.24, 2.45) is 0 Å². The predicted octanol–water partition coefficient (Wildman–Crippen LogP) is -19.9. The molecule has 0 aliphatic carbocycles. The van der Waals surface area contributed by atoms with Crippen molar-refractivity contribution in [1.82, 2.24) is 0 Å². The van der Waals surface area contributed by atoms with E-state index < -0.39 is 59.7 Å². The van der Waals surface area contributed by atoms with Crippen LogP contribution >= 0.6 is 0 Å². The molecule has 0 amide bonds. The summed E-state index contributed by atoms with van der Waals surface area (Å²) in [7, 11) is 0. The Hall–Kier alpha value is -4.33. The molecule has 0 radical (unpaired) electrons. The van der Waals surface area contributed by atoms with Gasteiger partial charge >= 0.3 is 31.1 Å². The minimum Gasteiger partial charge on any atom is -0.873 e. The molecule has 33 heavy (non-hydrogen) atoms. The molecule has 23 heteroatoms. The SMILES string of the molecule is O=C([O-])C(=O)[O-].O=C([O-])C(=O)[O-].O=C([O-])C(=O)[O-].O=C([O-])C(=O)[O-].O=C([O-])C(=O)[O-].[OH4+2].[OH4+2].[U+6]. The largest absolute Gasteiger partial charge is 6.00 e. The molecule has 0 unspecified atom stereocenters. The van der Waals surface area contributed by atoms with Crippen LogP contribution in [0.1, 0.15) is 0 Å². The Morgan fingerprint density at radius 1 is 0.242 bits per heavy atom. The second-order valence-electron chi connectivity index (χ2n) is 2.87. The maximum absolute atomic E-state index is 8.93. The Balaban J connectivity index is -0.0000000386. The molecule has 0 atom stereocenters. The molecule has 0 bridgehead atoms. The van der Waals surface area contributed by atoms with E-state index in [1.54, 1.807) is 0 Å². The molecule has 0 aliphatic rings. The van der Waals surface area contributed by atoms with Gasteiger partial charge < -0.3 is 110 Å². The Morgan fingerprint density at radius 3 is 0.273 bits per heavy atom. The second kappa shape index (κ2) is 29.9. The summed E-state index contributed by atoms with van der Waals surface area (Å²) in [4.78, 5) is 89.3. The maximum Gasteiger partial charge on any atom is 6.00 e. The number of hydrogen-bond donors (Lipinski definition) is 0. The normalized spacial score (nSPS) is 6.67. The Kier molecular flexibility index (Phi) is 46.5. The third-order valence-electron chi connectivity index (χ3n) is 0.833. The maximum atomic E-state index is 8.93. The van der Waals surface area contributed by atoms with E-state index in [1.807, 2.05) is 0 Å². The van der Waals surface area contributed by atoms with Crippen LogP contribution in [0.2, 0.25) is 0 Å². The van der Waals surface area contributed by atoms with E-state index in [1.165, 1.54) is 0 Å². The minimum absolute atomic E-state index is 0.